The highest BCUT2D eigenvalue weighted by Crippen LogP contribution is 1.96. The maximum atomic E-state index is 3.96. The summed E-state index contributed by atoms with van der Waals surface area (Å²) in [5.74, 6) is 0. The summed E-state index contributed by atoms with van der Waals surface area (Å²) in [6.45, 7) is 7.62. The molecule has 0 saturated carbocycles. The molecule has 2 heteroatoms. The topological polar surface area (TPSA) is 24.4 Å². The van der Waals surface area contributed by atoms with E-state index in [0.717, 1.165) is 6.42 Å². The quantitative estimate of drug-likeness (QED) is 0.466. The Labute approximate surface area is 62.4 Å². The molecule has 0 aromatic heterocycles. The van der Waals surface area contributed by atoms with Gasteiger partial charge in [-0.15, -0.1) is 0 Å². The number of nitrogens with zero attached hydrogens (tertiary/aromatic N) is 1. The van der Waals surface area contributed by atoms with Crippen molar-refractivity contribution in [2.45, 2.75) is 20.3 Å². The van der Waals surface area contributed by atoms with Crippen LogP contribution in [-0.2, 0) is 0 Å². The van der Waals surface area contributed by atoms with Gasteiger partial charge in [0.2, 0.25) is 0 Å². The maximum Gasteiger partial charge on any atom is 0.0918 e. The lowest BCUT2D eigenvalue weighted by Crippen LogP contribution is -1.97. The van der Waals surface area contributed by atoms with Crippen LogP contribution in [0, 0.1) is 0 Å². The van der Waals surface area contributed by atoms with Crippen LogP contribution in [0.15, 0.2) is 29.5 Å². The van der Waals surface area contributed by atoms with E-state index in [1.54, 1.807) is 12.5 Å². The average molecular weight is 138 g/mol. The van der Waals surface area contributed by atoms with Crippen LogP contribution in [0.3, 0.4) is 0 Å². The highest BCUT2D eigenvalue weighted by Gasteiger charge is 1.77. The lowest BCUT2D eigenvalue weighted by atomic mass is 10.3. The highest BCUT2D eigenvalue weighted by atomic mass is 14.9. The molecule has 56 valence electrons. The zero-order valence-corrected chi connectivity index (χ0v) is 6.59. The Bertz CT molecular complexity index is 145. The second-order valence-electron chi connectivity index (χ2n) is 1.98. The maximum absolute atomic E-state index is 3.96. The van der Waals surface area contributed by atoms with Gasteiger partial charge in [-0.3, -0.25) is 0 Å². The second kappa shape index (κ2) is 6.08. The Morgan fingerprint density at radius 2 is 2.40 bits per heavy atom. The molecule has 2 nitrogen and oxygen atoms in total. The Morgan fingerprint density at radius 1 is 1.70 bits per heavy atom. The van der Waals surface area contributed by atoms with Crippen molar-refractivity contribution >= 4 is 6.34 Å². The summed E-state index contributed by atoms with van der Waals surface area (Å²) in [5, 5.41) is 2.76. The first-order valence-electron chi connectivity index (χ1n) is 3.35. The zero-order chi connectivity index (χ0) is 7.82. The first kappa shape index (κ1) is 8.95. The molecule has 0 heterocycles. The van der Waals surface area contributed by atoms with Crippen molar-refractivity contribution in [2.24, 2.45) is 4.99 Å². The summed E-state index contributed by atoms with van der Waals surface area (Å²) < 4.78 is 0. The minimum absolute atomic E-state index is 1.05. The molecule has 0 aliphatic carbocycles. The SMILES string of the molecule is C=CNC=NC=C(C)CC. The Kier molecular flexibility index (Phi) is 5.44. The summed E-state index contributed by atoms with van der Waals surface area (Å²) in [5.41, 5.74) is 1.27. The van der Waals surface area contributed by atoms with Gasteiger partial charge in [-0.2, -0.15) is 0 Å². The number of hydrogen-bond acceptors (Lipinski definition) is 1. The molecule has 0 bridgehead atoms. The first-order valence-corrected chi connectivity index (χ1v) is 3.35. The van der Waals surface area contributed by atoms with E-state index in [4.69, 9.17) is 0 Å². The van der Waals surface area contributed by atoms with E-state index in [1.165, 1.54) is 5.57 Å². The normalized spacial score (nSPS) is 12.0. The number of aliphatic imine (C=N–C) groups is 1. The third-order valence-corrected chi connectivity index (χ3v) is 1.12. The molecule has 0 unspecified atom stereocenters. The summed E-state index contributed by atoms with van der Waals surface area (Å²) in [7, 11) is 0. The first-order chi connectivity index (χ1) is 4.81. The number of rotatable bonds is 4. The van der Waals surface area contributed by atoms with E-state index >= 15 is 0 Å². The van der Waals surface area contributed by atoms with Crippen LogP contribution in [0.5, 0.6) is 0 Å². The molecule has 0 aromatic carbocycles. The van der Waals surface area contributed by atoms with Gasteiger partial charge < -0.3 is 5.32 Å². The van der Waals surface area contributed by atoms with Crippen molar-refractivity contribution in [2.75, 3.05) is 0 Å². The fourth-order valence-electron chi connectivity index (χ4n) is 0.352. The molecule has 0 rings (SSSR count). The lowest BCUT2D eigenvalue weighted by molar-refractivity contribution is 1.08. The molecule has 0 spiro atoms. The molecule has 0 aliphatic rings. The van der Waals surface area contributed by atoms with Gasteiger partial charge in [-0.05, 0) is 19.5 Å². The van der Waals surface area contributed by atoms with E-state index in [2.05, 4.69) is 23.8 Å². The number of allylic oxidation sites excluding steroid dienone is 1. The fourth-order valence-corrected chi connectivity index (χ4v) is 0.352. The van der Waals surface area contributed by atoms with Crippen molar-refractivity contribution in [3.8, 4) is 0 Å². The molecule has 1 N–H and O–H groups in total. The smallest absolute Gasteiger partial charge is 0.0918 e. The van der Waals surface area contributed by atoms with E-state index in [-0.39, 0.29) is 0 Å². The van der Waals surface area contributed by atoms with Crippen molar-refractivity contribution < 1.29 is 0 Å². The minimum Gasteiger partial charge on any atom is -0.353 e. The number of hydrogen-bond donors (Lipinski definition) is 1. The van der Waals surface area contributed by atoms with Gasteiger partial charge in [0.15, 0.2) is 0 Å². The highest BCUT2D eigenvalue weighted by molar-refractivity contribution is 5.56. The van der Waals surface area contributed by atoms with Gasteiger partial charge in [0.05, 0.1) is 6.34 Å². The van der Waals surface area contributed by atoms with Crippen molar-refractivity contribution in [1.29, 1.82) is 0 Å². The molecule has 0 aromatic rings. The van der Waals surface area contributed by atoms with Crippen molar-refractivity contribution in [3.05, 3.63) is 24.6 Å². The third-order valence-electron chi connectivity index (χ3n) is 1.12. The molecule has 0 aliphatic heterocycles. The van der Waals surface area contributed by atoms with Crippen LogP contribution in [0.2, 0.25) is 0 Å². The van der Waals surface area contributed by atoms with Crippen molar-refractivity contribution in [3.63, 3.8) is 0 Å². The van der Waals surface area contributed by atoms with Gasteiger partial charge in [-0.25, -0.2) is 4.99 Å². The second-order valence-corrected chi connectivity index (χ2v) is 1.98. The molecule has 0 saturated heterocycles. The Balaban J connectivity index is 3.58. The van der Waals surface area contributed by atoms with E-state index in [9.17, 15) is 0 Å². The summed E-state index contributed by atoms with van der Waals surface area (Å²) in [6.07, 6.45) is 6.06. The van der Waals surface area contributed by atoms with Gasteiger partial charge in [0, 0.05) is 6.20 Å². The molecule has 0 atom stereocenters. The van der Waals surface area contributed by atoms with Crippen LogP contribution < -0.4 is 5.32 Å². The van der Waals surface area contributed by atoms with Crippen LogP contribution in [0.4, 0.5) is 0 Å². The van der Waals surface area contributed by atoms with Gasteiger partial charge >= 0.3 is 0 Å². The Morgan fingerprint density at radius 3 is 2.90 bits per heavy atom. The van der Waals surface area contributed by atoms with Crippen LogP contribution in [-0.4, -0.2) is 6.34 Å². The third kappa shape index (κ3) is 5.09. The molecule has 0 radical (unpaired) electrons. The van der Waals surface area contributed by atoms with Gasteiger partial charge in [-0.1, -0.05) is 19.1 Å². The van der Waals surface area contributed by atoms with Crippen LogP contribution in [0.25, 0.3) is 0 Å². The average Bonchev–Trinajstić information content (AvgIpc) is 1.98. The zero-order valence-electron chi connectivity index (χ0n) is 6.59. The van der Waals surface area contributed by atoms with Crippen LogP contribution in [0.1, 0.15) is 20.3 Å². The number of nitrogens with one attached hydrogen (secondary N) is 1. The van der Waals surface area contributed by atoms with Gasteiger partial charge in [0.25, 0.3) is 0 Å². The molecule has 0 fully saturated rings. The summed E-state index contributed by atoms with van der Waals surface area (Å²) in [4.78, 5) is 3.96. The molecular formula is C8H14N2. The lowest BCUT2D eigenvalue weighted by Gasteiger charge is -1.88. The summed E-state index contributed by atoms with van der Waals surface area (Å²) in [6, 6.07) is 0. The standard InChI is InChI=1S/C8H14N2/c1-4-8(3)6-10-7-9-5-2/h5-7H,2,4H2,1,3H3,(H,9,10). The molecular weight excluding hydrogens is 124 g/mol. The Hall–Kier alpha value is -1.05. The minimum atomic E-state index is 1.05. The fraction of sp³-hybridized carbons (Fsp3) is 0.375. The van der Waals surface area contributed by atoms with Crippen LogP contribution >= 0.6 is 0 Å². The predicted molar refractivity (Wildman–Crippen MR) is 45.9 cm³/mol. The monoisotopic (exact) mass is 138 g/mol. The van der Waals surface area contributed by atoms with Gasteiger partial charge in [0.1, 0.15) is 0 Å². The predicted octanol–water partition coefficient (Wildman–Crippen LogP) is 2.06. The van der Waals surface area contributed by atoms with E-state index in [1.807, 2.05) is 13.1 Å². The van der Waals surface area contributed by atoms with Crippen molar-refractivity contribution in [1.82, 2.24) is 5.32 Å². The molecule has 0 amide bonds. The largest absolute Gasteiger partial charge is 0.353 e. The van der Waals surface area contributed by atoms with E-state index in [0.29, 0.717) is 0 Å². The molecule has 10 heavy (non-hydrogen) atoms. The van der Waals surface area contributed by atoms with E-state index < -0.39 is 0 Å². The summed E-state index contributed by atoms with van der Waals surface area (Å²) >= 11 is 0.